The first kappa shape index (κ1) is 93.3. The fourth-order valence-corrected chi connectivity index (χ4v) is 19.0. The number of anilines is 3. The minimum Gasteiger partial charge on any atom is -0.439 e. The number of nitrogens with zero attached hydrogens (tertiary/aromatic N) is 6. The molecule has 3 aliphatic heterocycles. The van der Waals surface area contributed by atoms with Crippen LogP contribution < -0.4 is 42.6 Å². The maximum Gasteiger partial charge on any atom is 0.380 e. The van der Waals surface area contributed by atoms with Crippen molar-refractivity contribution in [1.29, 1.82) is 0 Å². The zero-order chi connectivity index (χ0) is 93.9. The number of unbranched alkanes of at least 4 members (excludes halogenated alkanes) is 4. The van der Waals surface area contributed by atoms with Gasteiger partial charge in [-0.05, 0) is 182 Å². The molecule has 13 aromatic carbocycles. The Labute approximate surface area is 802 Å². The van der Waals surface area contributed by atoms with E-state index in [-0.39, 0.29) is 5.89 Å². The molecule has 3 aromatic heterocycles. The fraction of sp³-hybridized carbons (Fsp3) is 0.165. The van der Waals surface area contributed by atoms with E-state index in [1.165, 1.54) is 14.0 Å². The number of aromatic nitrogens is 3. The van der Waals surface area contributed by atoms with Gasteiger partial charge in [0.05, 0.1) is 29.2 Å². The maximum absolute atomic E-state index is 12.2. The molecule has 6 heterocycles. The van der Waals surface area contributed by atoms with E-state index in [2.05, 4.69) is 139 Å². The third kappa shape index (κ3) is 22.6. The molecule has 0 atom stereocenters. The molecule has 684 valence electrons. The third-order valence-electron chi connectivity index (χ3n) is 23.5. The zero-order valence-electron chi connectivity index (χ0n) is 74.6. The van der Waals surface area contributed by atoms with Gasteiger partial charge >= 0.3 is 37.9 Å². The smallest absolute Gasteiger partial charge is 0.380 e. The van der Waals surface area contributed by atoms with Crippen molar-refractivity contribution in [2.45, 2.75) is 97.4 Å². The van der Waals surface area contributed by atoms with Crippen LogP contribution in [0.2, 0.25) is 0 Å². The highest BCUT2D eigenvalue weighted by Crippen LogP contribution is 2.47. The average molecular weight is 1990 g/mol. The van der Waals surface area contributed by atoms with Crippen molar-refractivity contribution in [3.05, 3.63) is 383 Å². The van der Waals surface area contributed by atoms with Gasteiger partial charge in [-0.25, -0.2) is 0 Å². The molecule has 3 N–H and O–H groups in total. The number of fused-ring (bicyclic) bond motifs is 6. The summed E-state index contributed by atoms with van der Waals surface area (Å²) < 4.78 is 148. The monoisotopic (exact) mass is 1990 g/mol. The van der Waals surface area contributed by atoms with Crippen molar-refractivity contribution in [3.8, 4) is 84.0 Å². The minimum absolute atomic E-state index is 0.259. The molecular weight excluding hydrogens is 1890 g/mol. The molecule has 0 unspecified atom stereocenters. The predicted molar refractivity (Wildman–Crippen MR) is 540 cm³/mol. The van der Waals surface area contributed by atoms with E-state index < -0.39 is 48.0 Å². The van der Waals surface area contributed by atoms with Gasteiger partial charge in [0.25, 0.3) is 38.4 Å². The fourth-order valence-electron chi connectivity index (χ4n) is 16.7. The van der Waals surface area contributed by atoms with Gasteiger partial charge in [0.15, 0.2) is 29.7 Å². The van der Waals surface area contributed by atoms with E-state index in [1.54, 1.807) is 6.08 Å². The summed E-state index contributed by atoms with van der Waals surface area (Å²) in [6, 6.07) is 102. The lowest BCUT2D eigenvalue weighted by Gasteiger charge is -2.19. The summed E-state index contributed by atoms with van der Waals surface area (Å²) in [7, 11) is -13.1. The van der Waals surface area contributed by atoms with Gasteiger partial charge in [0, 0.05) is 57.9 Å². The van der Waals surface area contributed by atoms with E-state index >= 15 is 0 Å². The SMILES string of the molecule is CCC(=Cc1oc2ccc(-c3ccccc3)cc2[n+]1Cc1ccccc1)C=C1Oc2ccc(-c3ccccc3)cc2N1CS(=O)(=O)O.CCCCCN1/C(=C\C(=C/c2oc3ccc(-c4ccc(Br)cc4)cc3[n+]2CS(=O)(=O)O)CC)Oc2ccc(-c3ccc(Br)cc3)cc21.CCCCCN1C(=Cc2oc3ccc(-c4ccccc4)cc3[n+]2CS(=O)(=O)O)Oc2ccc(-c3ccccc3)cc21. The number of allylic oxidation sites excluding steroid dienone is 4. The van der Waals surface area contributed by atoms with E-state index in [0.29, 0.717) is 82.5 Å². The van der Waals surface area contributed by atoms with Gasteiger partial charge < -0.3 is 37.3 Å². The van der Waals surface area contributed by atoms with Crippen LogP contribution in [0.1, 0.15) is 102 Å². The molecule has 0 amide bonds. The van der Waals surface area contributed by atoms with Crippen molar-refractivity contribution in [3.63, 3.8) is 0 Å². The van der Waals surface area contributed by atoms with E-state index in [1.807, 2.05) is 269 Å². The second-order valence-electron chi connectivity index (χ2n) is 33.0. The molecule has 135 heavy (non-hydrogen) atoms. The predicted octanol–water partition coefficient (Wildman–Crippen LogP) is 25.9. The largest absolute Gasteiger partial charge is 0.439 e. The van der Waals surface area contributed by atoms with Crippen LogP contribution >= 0.6 is 31.9 Å². The van der Waals surface area contributed by atoms with E-state index in [4.69, 9.17) is 27.5 Å². The summed E-state index contributed by atoms with van der Waals surface area (Å²) >= 11 is 7.00. The van der Waals surface area contributed by atoms with Crippen LogP contribution in [-0.4, -0.2) is 57.9 Å². The number of ether oxygens (including phenoxy) is 3. The second-order valence-corrected chi connectivity index (χ2v) is 39.1. The topological polar surface area (TPSA) is 252 Å². The summed E-state index contributed by atoms with van der Waals surface area (Å²) in [5.74, 6) is 2.81. The van der Waals surface area contributed by atoms with Gasteiger partial charge in [0.1, 0.15) is 6.08 Å². The van der Waals surface area contributed by atoms with Gasteiger partial charge in [-0.1, -0.05) is 298 Å². The molecule has 26 heteroatoms. The first-order valence-electron chi connectivity index (χ1n) is 44.7. The molecule has 0 bridgehead atoms. The van der Waals surface area contributed by atoms with Crippen molar-refractivity contribution < 1.29 is 80.1 Å². The van der Waals surface area contributed by atoms with Gasteiger partial charge in [-0.3, -0.25) is 18.6 Å². The number of hydrogen-bond acceptors (Lipinski definition) is 15. The van der Waals surface area contributed by atoms with Crippen molar-refractivity contribution >= 4 is 131 Å². The lowest BCUT2D eigenvalue weighted by Crippen LogP contribution is -2.39. The van der Waals surface area contributed by atoms with Crippen molar-refractivity contribution in [2.75, 3.05) is 33.7 Å². The minimum atomic E-state index is -4.38. The Balaban J connectivity index is 0.000000141. The van der Waals surface area contributed by atoms with Crippen molar-refractivity contribution in [1.82, 2.24) is 0 Å². The van der Waals surface area contributed by atoms with Gasteiger partial charge in [-0.2, -0.15) is 29.8 Å². The molecule has 0 radical (unpaired) electrons. The molecule has 0 aliphatic carbocycles. The Morgan fingerprint density at radius 3 is 1.02 bits per heavy atom. The van der Waals surface area contributed by atoms with Crippen LogP contribution in [0.25, 0.3) is 118 Å². The highest BCUT2D eigenvalue weighted by molar-refractivity contribution is 9.10. The summed E-state index contributed by atoms with van der Waals surface area (Å²) in [4.78, 5) is 5.81. The lowest BCUT2D eigenvalue weighted by molar-refractivity contribution is -0.669. The molecule has 3 aliphatic rings. The normalized spacial score (nSPS) is 14.1. The summed E-state index contributed by atoms with van der Waals surface area (Å²) in [5.41, 5.74) is 21.4. The summed E-state index contributed by atoms with van der Waals surface area (Å²) in [6.45, 7) is 10.5. The van der Waals surface area contributed by atoms with Crippen LogP contribution in [-0.2, 0) is 48.7 Å². The second kappa shape index (κ2) is 41.5. The van der Waals surface area contributed by atoms with E-state index in [9.17, 15) is 38.9 Å². The molecule has 0 saturated heterocycles. The first-order valence-corrected chi connectivity index (χ1v) is 51.1. The molecular formula is C109H99Br2N6O15S3+3. The molecule has 19 rings (SSSR count). The van der Waals surface area contributed by atoms with Gasteiger partial charge in [0.2, 0.25) is 34.4 Å². The molecule has 0 saturated carbocycles. The lowest BCUT2D eigenvalue weighted by atomic mass is 10.0. The number of hydrogen-bond donors (Lipinski definition) is 3. The average Bonchev–Trinajstić information content (AvgIpc) is 1.61. The quantitative estimate of drug-likeness (QED) is 0.0224. The Bertz CT molecular complexity index is 7560. The van der Waals surface area contributed by atoms with Crippen LogP contribution in [0.4, 0.5) is 17.1 Å². The standard InChI is InChI=1S/C39H32N2O5S.C37H34Br2N2O5S.C33H30N2O5S/c1-2-28(23-39-41(27-47(42,43)44)35-25-33(19-21-37(35)46-39)31-16-10-5-11-17-31)22-38-40(26-29-12-6-3-7-13-29)34-24-32(18-20-36(34)45-38)30-14-8-4-9-15-30;1-3-5-6-19-40-32-22-28(26-7-13-30(38)14-8-26)11-17-34(32)45-36(40)20-25(4-2)21-37-41(24-47(42,43)44)33-23-29(12-18-35(33)46-37)27-9-15-31(39)16-10-27;1-2-3-10-19-34-28-20-26(24-11-6-4-7-12-24)15-17-30(28)39-32(34)22-33-35(23-41(36,37)38)29-21-27(16-18-31(29)40-33)25-13-8-5-9-14-25/h3-25H,2,26-27H2,1H3;7-18,20-23H,3-6,19,24H2,1-2H3;4-9,11-18,20-22H,2-3,10,19,23H2,1H3/p+3. The Hall–Kier alpha value is -13.5. The highest BCUT2D eigenvalue weighted by atomic mass is 79.9. The summed E-state index contributed by atoms with van der Waals surface area (Å²) in [6.07, 6.45) is 16.8. The van der Waals surface area contributed by atoms with Crippen LogP contribution in [0.3, 0.4) is 0 Å². The number of oxazole rings is 3. The van der Waals surface area contributed by atoms with Crippen LogP contribution in [0.15, 0.2) is 373 Å². The van der Waals surface area contributed by atoms with E-state index in [0.717, 1.165) is 178 Å². The molecule has 0 fully saturated rings. The highest BCUT2D eigenvalue weighted by Gasteiger charge is 2.36. The Kier molecular flexibility index (Phi) is 28.7. The number of benzene rings is 13. The maximum atomic E-state index is 12.2. The first-order chi connectivity index (χ1) is 65.3. The number of rotatable bonds is 29. The van der Waals surface area contributed by atoms with Crippen molar-refractivity contribution in [2.24, 2.45) is 0 Å². The Morgan fingerprint density at radius 1 is 0.333 bits per heavy atom. The zero-order valence-corrected chi connectivity index (χ0v) is 80.3. The molecule has 0 spiro atoms. The third-order valence-corrected chi connectivity index (χ3v) is 26.3. The molecule has 16 aromatic rings. The number of halogens is 2. The Morgan fingerprint density at radius 2 is 0.644 bits per heavy atom. The van der Waals surface area contributed by atoms with Crippen LogP contribution in [0.5, 0.6) is 17.2 Å². The van der Waals surface area contributed by atoms with Gasteiger partial charge in [-0.15, -0.1) is 9.13 Å². The molecule has 21 nitrogen and oxygen atoms in total. The summed E-state index contributed by atoms with van der Waals surface area (Å²) in [5, 5.41) is 0. The van der Waals surface area contributed by atoms with Crippen LogP contribution in [0, 0.1) is 0 Å².